The van der Waals surface area contributed by atoms with E-state index in [1.54, 1.807) is 22.3 Å². The Hall–Kier alpha value is -1.22. The molecular formula is C37H48Cl2Si2Zr-8. The fraction of sp³-hybridized carbons (Fsp3) is 0.351. The molecule has 0 aromatic heterocycles. The first-order valence-corrected chi connectivity index (χ1v) is 40.0. The van der Waals surface area contributed by atoms with E-state index in [0.29, 0.717) is 13.2 Å². The van der Waals surface area contributed by atoms with Crippen molar-refractivity contribution in [1.29, 1.82) is 0 Å². The van der Waals surface area contributed by atoms with Crippen LogP contribution in [-0.2, 0) is 24.4 Å². The topological polar surface area (TPSA) is 0 Å². The molecule has 0 aliphatic heterocycles. The molecule has 5 heteroatoms. The minimum absolute atomic E-state index is 0. The van der Waals surface area contributed by atoms with Crippen molar-refractivity contribution in [1.82, 2.24) is 0 Å². The molecule has 42 heavy (non-hydrogen) atoms. The van der Waals surface area contributed by atoms with Crippen LogP contribution in [0.4, 0.5) is 0 Å². The number of fused-ring (bicyclic) bond motifs is 2. The molecule has 0 heterocycles. The molecule has 3 aliphatic carbocycles. The van der Waals surface area contributed by atoms with Crippen LogP contribution in [0.3, 0.4) is 0 Å². The summed E-state index contributed by atoms with van der Waals surface area (Å²) in [5.41, 5.74) is 13.7. The van der Waals surface area contributed by atoms with Crippen molar-refractivity contribution < 1.29 is 36.4 Å². The van der Waals surface area contributed by atoms with Crippen LogP contribution in [-0.4, -0.2) is 13.8 Å². The van der Waals surface area contributed by atoms with Gasteiger partial charge < -0.3 is 24.8 Å². The Morgan fingerprint density at radius 2 is 1.50 bits per heavy atom. The Bertz CT molecular complexity index is 1930. The summed E-state index contributed by atoms with van der Waals surface area (Å²) in [6, 6.07) is 24.9. The van der Waals surface area contributed by atoms with Gasteiger partial charge in [0, 0.05) is 0 Å². The summed E-state index contributed by atoms with van der Waals surface area (Å²) in [5, 5.41) is 0. The van der Waals surface area contributed by atoms with E-state index in [1.807, 2.05) is 0 Å². The Morgan fingerprint density at radius 1 is 0.881 bits per heavy atom. The standard InChI is InChI=1S/C19H17.C14H15.4CH3.2ClH.2H2Si.Zr/c1-13-10-16-12-15-8-5-9-17(15)19(18(16)11-13)14-6-3-2-4-7-14;1-12(11-13-7-5-6-8-13)14-9-3-2-4-10-14;;;;;;;;;/h2-4,6-7,10-12H,5,8-9H2,1H3;2-10,12H,11H2,1H3;4*1H3;2*1H;2*1H2;/q;;;;;;;;;;-6/p-2. The summed E-state index contributed by atoms with van der Waals surface area (Å²) in [6.45, 7) is 9.72. The van der Waals surface area contributed by atoms with Gasteiger partial charge in [-0.05, 0) is 0 Å². The Morgan fingerprint density at radius 3 is 2.14 bits per heavy atom. The van der Waals surface area contributed by atoms with E-state index in [0.717, 1.165) is 6.42 Å². The average Bonchev–Trinajstić information content (AvgIpc) is 3.61. The Kier molecular flexibility index (Phi) is 7.17. The van der Waals surface area contributed by atoms with Crippen LogP contribution in [0, 0.1) is 0 Å². The van der Waals surface area contributed by atoms with Crippen molar-refractivity contribution in [2.45, 2.75) is 71.2 Å². The summed E-state index contributed by atoms with van der Waals surface area (Å²) in [5.74, 6) is 0.515. The second-order valence-electron chi connectivity index (χ2n) is 19.4. The first kappa shape index (κ1) is 33.7. The van der Waals surface area contributed by atoms with E-state index in [-0.39, 0.29) is 24.8 Å². The van der Waals surface area contributed by atoms with Crippen LogP contribution in [0.25, 0.3) is 17.2 Å². The predicted octanol–water partition coefficient (Wildman–Crippen LogP) is 3.37. The molecule has 3 aromatic rings. The van der Waals surface area contributed by atoms with Gasteiger partial charge in [-0.1, -0.05) is 0 Å². The molecule has 0 saturated heterocycles. The van der Waals surface area contributed by atoms with Crippen LogP contribution in [0.5, 0.6) is 0 Å². The van der Waals surface area contributed by atoms with Crippen molar-refractivity contribution in [2.24, 2.45) is 0 Å². The van der Waals surface area contributed by atoms with Gasteiger partial charge in [-0.25, -0.2) is 0 Å². The van der Waals surface area contributed by atoms with Crippen molar-refractivity contribution in [3.63, 3.8) is 0 Å². The molecule has 3 unspecified atom stereocenters. The zero-order valence-corrected chi connectivity index (χ0v) is 33.2. The fourth-order valence-electron chi connectivity index (χ4n) is 9.19. The SMILES string of the molecule is CC1=Cc2c(cc3c(c2-c2ccccc2)CCC3)[CH]1[Zr-6]([CH3])([CH3])([CH3])([CH3])(=[SiH2])(=[SiH2])[CH]1C=CC(CC(C)c2ccccc2)=C1.[Cl-].[Cl-]. The summed E-state index contributed by atoms with van der Waals surface area (Å²) in [4.78, 5) is 0. The molecule has 0 fully saturated rings. The maximum absolute atomic E-state index is 5.06. The average molecular weight is 711 g/mol. The molecule has 0 nitrogen and oxygen atoms in total. The van der Waals surface area contributed by atoms with Crippen LogP contribution >= 0.6 is 0 Å². The zero-order chi connectivity index (χ0) is 28.7. The summed E-state index contributed by atoms with van der Waals surface area (Å²) >= 11 is -5.06. The van der Waals surface area contributed by atoms with Gasteiger partial charge in [0.05, 0.1) is 0 Å². The van der Waals surface area contributed by atoms with E-state index >= 15 is 0 Å². The van der Waals surface area contributed by atoms with Crippen molar-refractivity contribution in [3.8, 4) is 11.1 Å². The smallest absolute Gasteiger partial charge is 1.00 e. The molecule has 0 bridgehead atoms. The minimum atomic E-state index is -5.06. The number of hydrogen-bond acceptors (Lipinski definition) is 0. The number of aryl methyl sites for hydroxylation is 1. The zero-order valence-electron chi connectivity index (χ0n) is 26.4. The van der Waals surface area contributed by atoms with E-state index in [2.05, 4.69) is 137 Å². The van der Waals surface area contributed by atoms with Gasteiger partial charge in [0.1, 0.15) is 0 Å². The van der Waals surface area contributed by atoms with E-state index in [1.165, 1.54) is 47.1 Å². The normalized spacial score (nSPS) is 23.4. The van der Waals surface area contributed by atoms with E-state index < -0.39 is 11.6 Å². The molecule has 0 amide bonds. The Balaban J connectivity index is 0.00000202. The van der Waals surface area contributed by atoms with Gasteiger partial charge in [-0.15, -0.1) is 0 Å². The van der Waals surface area contributed by atoms with Gasteiger partial charge in [-0.3, -0.25) is 0 Å². The number of rotatable bonds is 6. The van der Waals surface area contributed by atoms with Crippen molar-refractivity contribution in [3.05, 3.63) is 124 Å². The summed E-state index contributed by atoms with van der Waals surface area (Å²) < 4.78 is 12.0. The molecule has 3 aromatic carbocycles. The quantitative estimate of drug-likeness (QED) is 0.345. The van der Waals surface area contributed by atoms with Gasteiger partial charge in [-0.2, -0.15) is 0 Å². The molecule has 6 rings (SSSR count). The van der Waals surface area contributed by atoms with Gasteiger partial charge in [0.25, 0.3) is 0 Å². The van der Waals surface area contributed by atoms with Gasteiger partial charge in [0.2, 0.25) is 0 Å². The fourth-order valence-corrected chi connectivity index (χ4v) is 37.7. The predicted molar refractivity (Wildman–Crippen MR) is 181 cm³/mol. The second kappa shape index (κ2) is 8.94. The number of allylic oxidation sites excluding steroid dienone is 5. The molecular weight excluding hydrogens is 663 g/mol. The van der Waals surface area contributed by atoms with Crippen LogP contribution in [0.2, 0.25) is 22.2 Å². The molecule has 3 atom stereocenters. The van der Waals surface area contributed by atoms with Crippen LogP contribution in [0.1, 0.15) is 64.1 Å². The molecule has 0 spiro atoms. The van der Waals surface area contributed by atoms with Crippen LogP contribution in [0.15, 0.2) is 96.1 Å². The first-order chi connectivity index (χ1) is 18.4. The van der Waals surface area contributed by atoms with Gasteiger partial charge >= 0.3 is 238 Å². The third-order valence-corrected chi connectivity index (χ3v) is 42.7. The largest absolute Gasteiger partial charge is 1.00 e. The monoisotopic (exact) mass is 708 g/mol. The van der Waals surface area contributed by atoms with Crippen molar-refractivity contribution in [2.75, 3.05) is 0 Å². The third kappa shape index (κ3) is 5.34. The number of halogens is 2. The number of hydrogen-bond donors (Lipinski definition) is 0. The first-order valence-electron chi connectivity index (χ1n) is 15.5. The molecule has 0 N–H and O–H groups in total. The van der Waals surface area contributed by atoms with Crippen LogP contribution < -0.4 is 24.8 Å². The molecule has 0 saturated carbocycles. The van der Waals surface area contributed by atoms with Crippen molar-refractivity contribution >= 4 is 19.8 Å². The van der Waals surface area contributed by atoms with E-state index in [9.17, 15) is 0 Å². The summed E-state index contributed by atoms with van der Waals surface area (Å²) in [7, 11) is 0. The maximum atomic E-state index is 2.78. The second-order valence-corrected chi connectivity index (χ2v) is 124. The molecule has 230 valence electrons. The minimum Gasteiger partial charge on any atom is -1.00 e. The molecule has 3 aliphatic rings. The Labute approximate surface area is 260 Å². The molecule has 0 radical (unpaired) electrons. The maximum Gasteiger partial charge on any atom is -1.00 e. The summed E-state index contributed by atoms with van der Waals surface area (Å²) in [6.07, 6.45) is 15.2. The van der Waals surface area contributed by atoms with Gasteiger partial charge in [0.15, 0.2) is 0 Å². The third-order valence-electron chi connectivity index (χ3n) is 11.2. The number of benzene rings is 3. The van der Waals surface area contributed by atoms with E-state index in [4.69, 9.17) is 0 Å².